The van der Waals surface area contributed by atoms with Gasteiger partial charge in [0.2, 0.25) is 0 Å². The zero-order valence-electron chi connectivity index (χ0n) is 11.7. The van der Waals surface area contributed by atoms with Gasteiger partial charge in [0.25, 0.3) is 0 Å². The molecule has 0 saturated heterocycles. The van der Waals surface area contributed by atoms with Gasteiger partial charge >= 0.3 is 0 Å². The number of thiophene rings is 1. The summed E-state index contributed by atoms with van der Waals surface area (Å²) in [5.41, 5.74) is 6.64. The molecule has 104 valence electrons. The Bertz CT molecular complexity index is 486. The highest BCUT2D eigenvalue weighted by Crippen LogP contribution is 2.36. The average Bonchev–Trinajstić information content (AvgIpc) is 2.70. The van der Waals surface area contributed by atoms with Crippen LogP contribution in [0, 0.1) is 17.2 Å². The Kier molecular flexibility index (Phi) is 5.84. The molecule has 0 bridgehead atoms. The van der Waals surface area contributed by atoms with Crippen LogP contribution in [0.2, 0.25) is 0 Å². The number of carbonyl (C=O) groups excluding carboxylic acids is 1. The van der Waals surface area contributed by atoms with Crippen LogP contribution in [-0.2, 0) is 0 Å². The number of unbranched alkanes of at least 4 members (excludes halogenated alkanes) is 2. The summed E-state index contributed by atoms with van der Waals surface area (Å²) in [6.45, 7) is 6.62. The van der Waals surface area contributed by atoms with Crippen molar-refractivity contribution in [3.05, 3.63) is 10.4 Å². The van der Waals surface area contributed by atoms with Crippen LogP contribution in [0.5, 0.6) is 0 Å². The minimum Gasteiger partial charge on any atom is -0.396 e. The van der Waals surface area contributed by atoms with E-state index in [1.165, 1.54) is 11.3 Å². The number of hydrogen-bond donors (Lipinski definition) is 2. The van der Waals surface area contributed by atoms with E-state index in [2.05, 4.69) is 18.3 Å². The highest BCUT2D eigenvalue weighted by molar-refractivity contribution is 7.19. The van der Waals surface area contributed by atoms with Crippen molar-refractivity contribution in [2.75, 3.05) is 17.6 Å². The largest absolute Gasteiger partial charge is 0.396 e. The molecule has 0 unspecified atom stereocenters. The Labute approximate surface area is 118 Å². The van der Waals surface area contributed by atoms with Gasteiger partial charge in [-0.3, -0.25) is 4.79 Å². The first-order valence-electron chi connectivity index (χ1n) is 6.63. The lowest BCUT2D eigenvalue weighted by Gasteiger charge is -2.03. The molecular formula is C14H21N3OS. The number of rotatable bonds is 7. The van der Waals surface area contributed by atoms with Crippen LogP contribution in [0.4, 0.5) is 10.7 Å². The monoisotopic (exact) mass is 279 g/mol. The van der Waals surface area contributed by atoms with E-state index in [1.807, 2.05) is 13.8 Å². The molecule has 1 aromatic heterocycles. The van der Waals surface area contributed by atoms with Crippen LogP contribution >= 0.6 is 11.3 Å². The summed E-state index contributed by atoms with van der Waals surface area (Å²) in [6, 6.07) is 2.09. The smallest absolute Gasteiger partial charge is 0.177 e. The van der Waals surface area contributed by atoms with E-state index in [1.54, 1.807) is 0 Å². The summed E-state index contributed by atoms with van der Waals surface area (Å²) in [5, 5.41) is 13.1. The second kappa shape index (κ2) is 7.15. The minimum atomic E-state index is -0.111. The lowest BCUT2D eigenvalue weighted by Crippen LogP contribution is -2.07. The Hall–Kier alpha value is -1.54. The van der Waals surface area contributed by atoms with Gasteiger partial charge in [0.05, 0.1) is 10.6 Å². The number of nitrogens with two attached hydrogens (primary N) is 1. The first-order valence-corrected chi connectivity index (χ1v) is 7.45. The van der Waals surface area contributed by atoms with Crippen molar-refractivity contribution < 1.29 is 4.79 Å². The minimum absolute atomic E-state index is 0.000563. The SMILES string of the molecule is CCCCCNc1sc(C(=O)C(C)C)c(N)c1C#N. The lowest BCUT2D eigenvalue weighted by molar-refractivity contribution is 0.0944. The first-order chi connectivity index (χ1) is 9.02. The van der Waals surface area contributed by atoms with Crippen molar-refractivity contribution in [1.29, 1.82) is 5.26 Å². The highest BCUT2D eigenvalue weighted by Gasteiger charge is 2.22. The Morgan fingerprint density at radius 3 is 2.68 bits per heavy atom. The molecule has 1 rings (SSSR count). The quantitative estimate of drug-likeness (QED) is 0.590. The number of nitrogens with zero attached hydrogens (tertiary/aromatic N) is 1. The molecule has 0 aromatic carbocycles. The molecule has 0 amide bonds. The first kappa shape index (κ1) is 15.5. The van der Waals surface area contributed by atoms with Crippen LogP contribution in [0.25, 0.3) is 0 Å². The molecular weight excluding hydrogens is 258 g/mol. The Morgan fingerprint density at radius 2 is 2.16 bits per heavy atom. The number of ketones is 1. The topological polar surface area (TPSA) is 78.9 Å². The van der Waals surface area contributed by atoms with Gasteiger partial charge in [-0.15, -0.1) is 11.3 Å². The molecule has 0 saturated carbocycles. The predicted octanol–water partition coefficient (Wildman–Crippen LogP) is 3.64. The number of Topliss-reactive ketones (excluding diaryl/α,β-unsaturated/α-hetero) is 1. The van der Waals surface area contributed by atoms with Crippen molar-refractivity contribution >= 4 is 27.8 Å². The van der Waals surface area contributed by atoms with Gasteiger partial charge in [-0.2, -0.15) is 5.26 Å². The van der Waals surface area contributed by atoms with Crippen molar-refractivity contribution in [1.82, 2.24) is 0 Å². The van der Waals surface area contributed by atoms with Crippen molar-refractivity contribution in [3.8, 4) is 6.07 Å². The summed E-state index contributed by atoms with van der Waals surface area (Å²) < 4.78 is 0. The summed E-state index contributed by atoms with van der Waals surface area (Å²) in [6.07, 6.45) is 3.34. The van der Waals surface area contributed by atoms with E-state index < -0.39 is 0 Å². The van der Waals surface area contributed by atoms with Gasteiger partial charge < -0.3 is 11.1 Å². The van der Waals surface area contributed by atoms with Crippen LogP contribution in [0.1, 0.15) is 55.3 Å². The van der Waals surface area contributed by atoms with E-state index in [4.69, 9.17) is 11.0 Å². The third-order valence-corrected chi connectivity index (χ3v) is 4.05. The van der Waals surface area contributed by atoms with Gasteiger partial charge in [-0.25, -0.2) is 0 Å². The molecule has 4 nitrogen and oxygen atoms in total. The maximum absolute atomic E-state index is 12.0. The number of nitrogens with one attached hydrogen (secondary N) is 1. The number of nitriles is 1. The molecule has 1 aromatic rings. The van der Waals surface area contributed by atoms with Crippen molar-refractivity contribution in [2.45, 2.75) is 40.0 Å². The zero-order chi connectivity index (χ0) is 14.4. The highest BCUT2D eigenvalue weighted by atomic mass is 32.1. The predicted molar refractivity (Wildman–Crippen MR) is 80.6 cm³/mol. The fourth-order valence-electron chi connectivity index (χ4n) is 1.70. The van der Waals surface area contributed by atoms with E-state index in [0.29, 0.717) is 16.1 Å². The molecule has 0 aliphatic carbocycles. The van der Waals surface area contributed by atoms with Gasteiger partial charge in [-0.05, 0) is 6.42 Å². The fourth-order valence-corrected chi connectivity index (χ4v) is 2.89. The number of hydrogen-bond acceptors (Lipinski definition) is 5. The second-order valence-electron chi connectivity index (χ2n) is 4.81. The maximum atomic E-state index is 12.0. The standard InChI is InChI=1S/C14H21N3OS/c1-4-5-6-7-17-14-10(8-15)11(16)13(19-14)12(18)9(2)3/h9,17H,4-7,16H2,1-3H3. The molecule has 1 heterocycles. The van der Waals surface area contributed by atoms with Crippen molar-refractivity contribution in [3.63, 3.8) is 0 Å². The van der Waals surface area contributed by atoms with E-state index >= 15 is 0 Å². The number of anilines is 2. The molecule has 5 heteroatoms. The fraction of sp³-hybridized carbons (Fsp3) is 0.571. The molecule has 3 N–H and O–H groups in total. The van der Waals surface area contributed by atoms with Crippen molar-refractivity contribution in [2.24, 2.45) is 5.92 Å². The summed E-state index contributed by atoms with van der Waals surface area (Å²) >= 11 is 1.30. The molecule has 0 fully saturated rings. The maximum Gasteiger partial charge on any atom is 0.177 e. The van der Waals surface area contributed by atoms with Crippen LogP contribution in [0.15, 0.2) is 0 Å². The van der Waals surface area contributed by atoms with E-state index in [-0.39, 0.29) is 11.7 Å². The number of carbonyl (C=O) groups is 1. The molecule has 19 heavy (non-hydrogen) atoms. The van der Waals surface area contributed by atoms with Crippen LogP contribution in [0.3, 0.4) is 0 Å². The van der Waals surface area contributed by atoms with Gasteiger partial charge in [-0.1, -0.05) is 33.6 Å². The molecule has 0 aliphatic heterocycles. The Morgan fingerprint density at radius 1 is 1.47 bits per heavy atom. The number of nitrogen functional groups attached to an aromatic ring is 1. The van der Waals surface area contributed by atoms with Gasteiger partial charge in [0, 0.05) is 12.5 Å². The molecule has 0 spiro atoms. The second-order valence-corrected chi connectivity index (χ2v) is 5.83. The lowest BCUT2D eigenvalue weighted by atomic mass is 10.1. The average molecular weight is 279 g/mol. The third-order valence-electron chi connectivity index (χ3n) is 2.87. The zero-order valence-corrected chi connectivity index (χ0v) is 12.6. The third kappa shape index (κ3) is 3.71. The molecule has 0 radical (unpaired) electrons. The Balaban J connectivity index is 2.90. The summed E-state index contributed by atoms with van der Waals surface area (Å²) in [4.78, 5) is 12.5. The van der Waals surface area contributed by atoms with E-state index in [0.717, 1.165) is 30.8 Å². The summed E-state index contributed by atoms with van der Waals surface area (Å²) in [7, 11) is 0. The summed E-state index contributed by atoms with van der Waals surface area (Å²) in [5.74, 6) is -0.110. The molecule has 0 aliphatic rings. The normalized spacial score (nSPS) is 10.5. The van der Waals surface area contributed by atoms with Crippen LogP contribution < -0.4 is 11.1 Å². The van der Waals surface area contributed by atoms with Gasteiger partial charge in [0.15, 0.2) is 5.78 Å². The van der Waals surface area contributed by atoms with E-state index in [9.17, 15) is 4.79 Å². The van der Waals surface area contributed by atoms with Crippen LogP contribution in [-0.4, -0.2) is 12.3 Å². The van der Waals surface area contributed by atoms with Gasteiger partial charge in [0.1, 0.15) is 16.6 Å². The molecule has 0 atom stereocenters.